The Labute approximate surface area is 167 Å². The van der Waals surface area contributed by atoms with Gasteiger partial charge in [-0.15, -0.1) is 0 Å². The van der Waals surface area contributed by atoms with Crippen LogP contribution in [0.5, 0.6) is 0 Å². The van der Waals surface area contributed by atoms with E-state index in [1.54, 1.807) is 11.4 Å². The molecule has 2 bridgehead atoms. The zero-order valence-corrected chi connectivity index (χ0v) is 18.9. The zero-order chi connectivity index (χ0) is 18.9. The first-order valence-corrected chi connectivity index (χ1v) is 13.8. The topological polar surface area (TPSA) is 36.9 Å². The lowest BCUT2D eigenvalue weighted by molar-refractivity contribution is -0.157. The van der Waals surface area contributed by atoms with E-state index in [-0.39, 0.29) is 35.2 Å². The smallest absolute Gasteiger partial charge is 0.248 e. The fourth-order valence-corrected chi connectivity index (χ4v) is 12.7. The molecular weight excluding hydrogens is 386 g/mol. The number of rotatable bonds is 4. The van der Waals surface area contributed by atoms with E-state index in [9.17, 15) is 0 Å². The highest BCUT2D eigenvalue weighted by atomic mass is 32.9. The molecule has 4 aliphatic rings. The van der Waals surface area contributed by atoms with Crippen molar-refractivity contribution in [3.63, 3.8) is 0 Å². The number of hydrogen-bond donors (Lipinski definition) is 0. The Hall–Kier alpha value is 0.645. The number of ether oxygens (including phenoxy) is 2. The van der Waals surface area contributed by atoms with Crippen molar-refractivity contribution in [2.75, 3.05) is 0 Å². The van der Waals surface area contributed by atoms with Gasteiger partial charge in [0.1, 0.15) is 25.7 Å². The molecule has 0 radical (unpaired) electrons. The maximum absolute atomic E-state index is 6.63. The van der Waals surface area contributed by atoms with Gasteiger partial charge in [0.05, 0.1) is 18.2 Å². The Balaban J connectivity index is 1.54. The molecule has 9 atom stereocenters. The molecule has 3 heterocycles. The summed E-state index contributed by atoms with van der Waals surface area (Å²) in [5.74, 6) is 0.534. The van der Waals surface area contributed by atoms with Gasteiger partial charge >= 0.3 is 0 Å². The van der Waals surface area contributed by atoms with Crippen LogP contribution in [-0.4, -0.2) is 48.6 Å². The van der Waals surface area contributed by atoms with Crippen LogP contribution in [0.15, 0.2) is 12.2 Å². The van der Waals surface area contributed by atoms with Crippen molar-refractivity contribution < 1.29 is 18.5 Å². The van der Waals surface area contributed by atoms with E-state index in [4.69, 9.17) is 30.3 Å². The molecule has 4 fully saturated rings. The van der Waals surface area contributed by atoms with Gasteiger partial charge < -0.3 is 18.5 Å². The quantitative estimate of drug-likeness (QED) is 0.395. The Morgan fingerprint density at radius 2 is 2.23 bits per heavy atom. The molecule has 8 heteroatoms. The molecule has 1 aliphatic carbocycles. The first-order chi connectivity index (χ1) is 12.1. The maximum Gasteiger partial charge on any atom is 0.248 e. The van der Waals surface area contributed by atoms with Gasteiger partial charge in [0.25, 0.3) is 0 Å². The minimum Gasteiger partial charge on any atom is -0.373 e. The predicted molar refractivity (Wildman–Crippen MR) is 113 cm³/mol. The molecular formula is C18H30BO4PS2. The highest BCUT2D eigenvalue weighted by molar-refractivity contribution is 8.68. The molecule has 0 aromatic heterocycles. The molecule has 146 valence electrons. The van der Waals surface area contributed by atoms with Crippen LogP contribution >= 0.6 is 17.1 Å². The molecule has 0 N–H and O–H groups in total. The number of hydrogen-bond acceptors (Lipinski definition) is 6. The van der Waals surface area contributed by atoms with E-state index in [2.05, 4.69) is 42.1 Å². The Kier molecular flexibility index (Phi) is 5.05. The highest BCUT2D eigenvalue weighted by Gasteiger charge is 2.66. The van der Waals surface area contributed by atoms with Gasteiger partial charge in [0.2, 0.25) is 5.69 Å². The van der Waals surface area contributed by atoms with Gasteiger partial charge in [-0.05, 0) is 64.2 Å². The minimum absolute atomic E-state index is 0.0264. The van der Waals surface area contributed by atoms with Crippen LogP contribution in [0.4, 0.5) is 0 Å². The second-order valence-corrected chi connectivity index (χ2v) is 15.2. The fraction of sp³-hybridized carbons (Fsp3) is 0.889. The van der Waals surface area contributed by atoms with Gasteiger partial charge in [-0.1, -0.05) is 30.5 Å². The van der Waals surface area contributed by atoms with Crippen LogP contribution in [0.2, 0.25) is 0 Å². The van der Waals surface area contributed by atoms with E-state index in [1.807, 2.05) is 0 Å². The summed E-state index contributed by atoms with van der Waals surface area (Å²) in [4.78, 5) is 0. The summed E-state index contributed by atoms with van der Waals surface area (Å²) >= 11 is 7.78. The summed E-state index contributed by atoms with van der Waals surface area (Å²) in [7, 11) is 2.07. The zero-order valence-electron chi connectivity index (χ0n) is 16.4. The van der Waals surface area contributed by atoms with Crippen molar-refractivity contribution >= 4 is 36.7 Å². The van der Waals surface area contributed by atoms with Crippen molar-refractivity contribution in [2.24, 2.45) is 5.92 Å². The van der Waals surface area contributed by atoms with E-state index in [0.29, 0.717) is 5.92 Å². The lowest BCUT2D eigenvalue weighted by atomic mass is 9.77. The molecule has 0 amide bonds. The van der Waals surface area contributed by atoms with Crippen molar-refractivity contribution in [3.05, 3.63) is 12.2 Å². The molecule has 26 heavy (non-hydrogen) atoms. The van der Waals surface area contributed by atoms with Crippen LogP contribution in [0.3, 0.4) is 0 Å². The Bertz CT molecular complexity index is 663. The highest BCUT2D eigenvalue weighted by Crippen LogP contribution is 2.77. The summed E-state index contributed by atoms with van der Waals surface area (Å²) in [6.45, 7) is 12.8. The van der Waals surface area contributed by atoms with Gasteiger partial charge in [0, 0.05) is 4.75 Å². The van der Waals surface area contributed by atoms with E-state index in [1.165, 1.54) is 12.0 Å². The van der Waals surface area contributed by atoms with Gasteiger partial charge in [0.15, 0.2) is 0 Å². The minimum atomic E-state index is -2.43. The second kappa shape index (κ2) is 6.58. The number of fused-ring (bicyclic) bond motifs is 3. The average Bonchev–Trinajstić information content (AvgIpc) is 3.08. The fourth-order valence-electron chi connectivity index (χ4n) is 5.16. The van der Waals surface area contributed by atoms with Gasteiger partial charge in [-0.3, -0.25) is 0 Å². The maximum atomic E-state index is 6.63. The standard InChI is InChI=1S/C18H30BO4PS2/c1-6-18-11(4)20-14(16(19)21-18)15(18)23-24(25)22-13-9-12(10(2)3)7-8-17(13,5)26-24/h11-16H,2,6-9,19H2,1,3-5H3/t11-,12+,13-,14-,15+,16-,17-,18+,24+/m1/s1. The molecule has 0 aromatic carbocycles. The van der Waals surface area contributed by atoms with E-state index < -0.39 is 11.3 Å². The third kappa shape index (κ3) is 2.92. The van der Waals surface area contributed by atoms with Crippen LogP contribution in [0.25, 0.3) is 0 Å². The van der Waals surface area contributed by atoms with Crippen LogP contribution in [-0.2, 0) is 30.3 Å². The lowest BCUT2D eigenvalue weighted by Gasteiger charge is -2.37. The van der Waals surface area contributed by atoms with E-state index in [0.717, 1.165) is 19.3 Å². The molecule has 0 aromatic rings. The van der Waals surface area contributed by atoms with Crippen molar-refractivity contribution in [3.8, 4) is 0 Å². The Morgan fingerprint density at radius 3 is 2.88 bits per heavy atom. The van der Waals surface area contributed by atoms with Gasteiger partial charge in [-0.25, -0.2) is 0 Å². The summed E-state index contributed by atoms with van der Waals surface area (Å²) in [5, 5.41) is 0. The molecule has 1 saturated carbocycles. The van der Waals surface area contributed by atoms with Crippen molar-refractivity contribution in [1.82, 2.24) is 0 Å². The van der Waals surface area contributed by atoms with Crippen molar-refractivity contribution in [2.45, 2.75) is 94.1 Å². The van der Waals surface area contributed by atoms with E-state index >= 15 is 0 Å². The van der Waals surface area contributed by atoms with Crippen LogP contribution in [0.1, 0.15) is 53.4 Å². The molecule has 4 rings (SSSR count). The monoisotopic (exact) mass is 416 g/mol. The molecule has 4 nitrogen and oxygen atoms in total. The van der Waals surface area contributed by atoms with Gasteiger partial charge in [-0.2, -0.15) is 0 Å². The second-order valence-electron chi connectivity index (χ2n) is 8.66. The first kappa shape index (κ1) is 19.9. The summed E-state index contributed by atoms with van der Waals surface area (Å²) < 4.78 is 25.7. The van der Waals surface area contributed by atoms with Crippen LogP contribution < -0.4 is 0 Å². The Morgan fingerprint density at radius 1 is 1.50 bits per heavy atom. The van der Waals surface area contributed by atoms with Crippen LogP contribution in [0, 0.1) is 5.92 Å². The number of allylic oxidation sites excluding steroid dienone is 1. The average molecular weight is 416 g/mol. The molecule has 3 aliphatic heterocycles. The predicted octanol–water partition coefficient (Wildman–Crippen LogP) is 3.79. The first-order valence-electron chi connectivity index (χ1n) is 9.79. The summed E-state index contributed by atoms with van der Waals surface area (Å²) in [5.41, 5.74) is -1.57. The normalized spacial score (nSPS) is 55.8. The summed E-state index contributed by atoms with van der Waals surface area (Å²) in [6.07, 6.45) is 4.14. The SMILES string of the molecule is B[C@@H]1O[C@@]2(CC)[C@@H](C)O[C@@H]1[C@@H]2O[P@]1(=S)O[C@@H]2C[C@@H](C(=C)C)CC[C@@]2(C)S1. The van der Waals surface area contributed by atoms with Crippen molar-refractivity contribution in [1.29, 1.82) is 0 Å². The third-order valence-electron chi connectivity index (χ3n) is 6.94. The third-order valence-corrected chi connectivity index (χ3v) is 12.7. The molecule has 0 unspecified atom stereocenters. The lowest BCUT2D eigenvalue weighted by Crippen LogP contribution is -2.46. The molecule has 3 saturated heterocycles. The summed E-state index contributed by atoms with van der Waals surface area (Å²) in [6, 6.07) is 0.0380. The molecule has 0 spiro atoms. The largest absolute Gasteiger partial charge is 0.373 e.